The molecule has 0 radical (unpaired) electrons. The predicted octanol–water partition coefficient (Wildman–Crippen LogP) is -4.24. The van der Waals surface area contributed by atoms with Crippen LogP contribution in [0.1, 0.15) is 0 Å². The van der Waals surface area contributed by atoms with Gasteiger partial charge in [0, 0.05) is 6.54 Å². The lowest BCUT2D eigenvalue weighted by atomic mass is 9.97. The fraction of sp³-hybridized carbons (Fsp3) is 1.00. The molecule has 0 saturated carbocycles. The van der Waals surface area contributed by atoms with Crippen LogP contribution in [-0.4, -0.2) is 80.4 Å². The van der Waals surface area contributed by atoms with E-state index in [0.29, 0.717) is 0 Å². The highest BCUT2D eigenvalue weighted by Gasteiger charge is 2.41. The zero-order valence-corrected chi connectivity index (χ0v) is 8.06. The minimum Gasteiger partial charge on any atom is -0.394 e. The fourth-order valence-electron chi connectivity index (χ4n) is 1.61. The lowest BCUT2D eigenvalue weighted by Gasteiger charge is -2.28. The van der Waals surface area contributed by atoms with Crippen molar-refractivity contribution in [2.75, 3.05) is 13.2 Å². The number of nitrogens with one attached hydrogen (secondary N) is 1. The molecule has 0 unspecified atom stereocenters. The second-order valence-corrected chi connectivity index (χ2v) is 3.72. The van der Waals surface area contributed by atoms with Crippen LogP contribution in [0.25, 0.3) is 0 Å². The molecule has 7 N–H and O–H groups in total. The Bertz CT molecular complexity index is 204. The molecule has 1 fully saturated rings. The first-order valence-corrected chi connectivity index (χ1v) is 4.73. The van der Waals surface area contributed by atoms with Crippen molar-refractivity contribution in [1.29, 1.82) is 0 Å². The summed E-state index contributed by atoms with van der Waals surface area (Å²) < 4.78 is 0. The number of aliphatic hydroxyl groups is 6. The van der Waals surface area contributed by atoms with Gasteiger partial charge in [0.1, 0.15) is 18.3 Å². The molecule has 90 valence electrons. The van der Waals surface area contributed by atoms with Gasteiger partial charge in [-0.3, -0.25) is 0 Å². The minimum atomic E-state index is -1.58. The van der Waals surface area contributed by atoms with Crippen LogP contribution in [0.4, 0.5) is 0 Å². The molecule has 1 aliphatic rings. The Hall–Kier alpha value is -0.280. The van der Waals surface area contributed by atoms with E-state index in [-0.39, 0.29) is 6.54 Å². The number of aliphatic hydroxyl groups excluding tert-OH is 6. The van der Waals surface area contributed by atoms with Gasteiger partial charge in [0.15, 0.2) is 0 Å². The standard InChI is InChI=1S/C8H17NO6/c10-2-4(12)7(14)8(15)5-6(13)3(11)1-9-5/h3-15H,1-2H2/t3-,4-,5+,6+,7+,8+/m0/s1. The Kier molecular flexibility index (Phi) is 4.41. The molecule has 6 atom stereocenters. The van der Waals surface area contributed by atoms with Gasteiger partial charge in [-0.2, -0.15) is 0 Å². The maximum Gasteiger partial charge on any atom is 0.110 e. The van der Waals surface area contributed by atoms with E-state index in [9.17, 15) is 20.4 Å². The largest absolute Gasteiger partial charge is 0.394 e. The molecule has 0 bridgehead atoms. The first kappa shape index (κ1) is 12.8. The summed E-state index contributed by atoms with van der Waals surface area (Å²) in [5, 5.41) is 57.7. The summed E-state index contributed by atoms with van der Waals surface area (Å²) in [4.78, 5) is 0. The molecule has 0 aliphatic carbocycles. The van der Waals surface area contributed by atoms with E-state index in [0.717, 1.165) is 0 Å². The van der Waals surface area contributed by atoms with E-state index in [2.05, 4.69) is 5.32 Å². The van der Waals surface area contributed by atoms with E-state index in [4.69, 9.17) is 10.2 Å². The van der Waals surface area contributed by atoms with Gasteiger partial charge in [-0.1, -0.05) is 0 Å². The van der Waals surface area contributed by atoms with Gasteiger partial charge < -0.3 is 36.0 Å². The second kappa shape index (κ2) is 5.17. The quantitative estimate of drug-likeness (QED) is 0.257. The van der Waals surface area contributed by atoms with E-state index in [1.54, 1.807) is 0 Å². The average molecular weight is 223 g/mol. The van der Waals surface area contributed by atoms with Crippen LogP contribution < -0.4 is 5.32 Å². The summed E-state index contributed by atoms with van der Waals surface area (Å²) in [6.45, 7) is -0.589. The summed E-state index contributed by atoms with van der Waals surface area (Å²) in [6.07, 6.45) is -6.73. The lowest BCUT2D eigenvalue weighted by Crippen LogP contribution is -2.53. The molecule has 7 nitrogen and oxygen atoms in total. The first-order chi connectivity index (χ1) is 6.99. The van der Waals surface area contributed by atoms with Gasteiger partial charge in [-0.25, -0.2) is 0 Å². The molecule has 1 rings (SSSR count). The minimum absolute atomic E-state index is 0.102. The van der Waals surface area contributed by atoms with Crippen LogP contribution in [0.2, 0.25) is 0 Å². The van der Waals surface area contributed by atoms with Gasteiger partial charge in [-0.05, 0) is 0 Å². The zero-order valence-electron chi connectivity index (χ0n) is 8.06. The lowest BCUT2D eigenvalue weighted by molar-refractivity contribution is -0.1000. The molecule has 1 saturated heterocycles. The molecule has 0 spiro atoms. The van der Waals surface area contributed by atoms with Gasteiger partial charge in [0.25, 0.3) is 0 Å². The molecule has 15 heavy (non-hydrogen) atoms. The van der Waals surface area contributed by atoms with Crippen molar-refractivity contribution in [2.45, 2.75) is 36.6 Å². The van der Waals surface area contributed by atoms with E-state index in [1.165, 1.54) is 0 Å². The molecular formula is C8H17NO6. The van der Waals surface area contributed by atoms with E-state index in [1.807, 2.05) is 0 Å². The predicted molar refractivity (Wildman–Crippen MR) is 48.9 cm³/mol. The Morgan fingerprint density at radius 2 is 1.80 bits per heavy atom. The van der Waals surface area contributed by atoms with E-state index >= 15 is 0 Å². The highest BCUT2D eigenvalue weighted by molar-refractivity contribution is 4.97. The van der Waals surface area contributed by atoms with Crippen LogP contribution in [0.3, 0.4) is 0 Å². The molecule has 1 aliphatic heterocycles. The second-order valence-electron chi connectivity index (χ2n) is 3.72. The van der Waals surface area contributed by atoms with Crippen molar-refractivity contribution in [2.24, 2.45) is 0 Å². The summed E-state index contributed by atoms with van der Waals surface area (Å²) in [5.41, 5.74) is 0. The molecule has 7 heteroatoms. The summed E-state index contributed by atoms with van der Waals surface area (Å²) in [6, 6.07) is -0.920. The van der Waals surface area contributed by atoms with E-state index < -0.39 is 43.2 Å². The van der Waals surface area contributed by atoms with Crippen molar-refractivity contribution >= 4 is 0 Å². The number of rotatable bonds is 4. The molecule has 0 aromatic carbocycles. The molecule has 0 amide bonds. The van der Waals surface area contributed by atoms with Crippen LogP contribution in [-0.2, 0) is 0 Å². The molecular weight excluding hydrogens is 206 g/mol. The third-order valence-electron chi connectivity index (χ3n) is 2.62. The fourth-order valence-corrected chi connectivity index (χ4v) is 1.61. The van der Waals surface area contributed by atoms with Crippen molar-refractivity contribution in [3.05, 3.63) is 0 Å². The van der Waals surface area contributed by atoms with Crippen LogP contribution in [0, 0.1) is 0 Å². The molecule has 0 aromatic rings. The number of hydrogen-bond acceptors (Lipinski definition) is 7. The van der Waals surface area contributed by atoms with Gasteiger partial charge in [0.2, 0.25) is 0 Å². The maximum atomic E-state index is 9.55. The zero-order chi connectivity index (χ0) is 11.6. The normalized spacial score (nSPS) is 37.6. The first-order valence-electron chi connectivity index (χ1n) is 4.73. The number of β-amino-alcohol motifs (C(OH)–C–C–N with tert-alkyl or cyclic N) is 1. The SMILES string of the molecule is OC[C@H](O)[C@@H](O)[C@H](O)[C@@H]1NC[C@H](O)[C@H]1O. The van der Waals surface area contributed by atoms with Gasteiger partial charge >= 0.3 is 0 Å². The van der Waals surface area contributed by atoms with Crippen LogP contribution >= 0.6 is 0 Å². The summed E-state index contributed by atoms with van der Waals surface area (Å²) in [7, 11) is 0. The smallest absolute Gasteiger partial charge is 0.110 e. The Balaban J connectivity index is 2.56. The highest BCUT2D eigenvalue weighted by Crippen LogP contribution is 2.15. The third-order valence-corrected chi connectivity index (χ3v) is 2.62. The van der Waals surface area contributed by atoms with Crippen molar-refractivity contribution < 1.29 is 30.6 Å². The summed E-state index contributed by atoms with van der Waals surface area (Å²) in [5.74, 6) is 0. The van der Waals surface area contributed by atoms with Crippen molar-refractivity contribution in [1.82, 2.24) is 5.32 Å². The Labute approximate surface area is 86.6 Å². The molecule has 0 aromatic heterocycles. The topological polar surface area (TPSA) is 133 Å². The van der Waals surface area contributed by atoms with Crippen molar-refractivity contribution in [3.63, 3.8) is 0 Å². The number of hydrogen-bond donors (Lipinski definition) is 7. The summed E-state index contributed by atoms with van der Waals surface area (Å²) >= 11 is 0. The van der Waals surface area contributed by atoms with Crippen molar-refractivity contribution in [3.8, 4) is 0 Å². The van der Waals surface area contributed by atoms with Gasteiger partial charge in [0.05, 0.1) is 24.9 Å². The Morgan fingerprint density at radius 3 is 2.20 bits per heavy atom. The third kappa shape index (κ3) is 2.64. The Morgan fingerprint density at radius 1 is 1.20 bits per heavy atom. The maximum absolute atomic E-state index is 9.55. The van der Waals surface area contributed by atoms with Crippen LogP contribution in [0.15, 0.2) is 0 Å². The monoisotopic (exact) mass is 223 g/mol. The average Bonchev–Trinajstić information content (AvgIpc) is 2.56. The van der Waals surface area contributed by atoms with Crippen LogP contribution in [0.5, 0.6) is 0 Å². The van der Waals surface area contributed by atoms with Gasteiger partial charge in [-0.15, -0.1) is 0 Å². The molecule has 1 heterocycles. The highest BCUT2D eigenvalue weighted by atomic mass is 16.4.